The summed E-state index contributed by atoms with van der Waals surface area (Å²) in [6.45, 7) is 6.40. The summed E-state index contributed by atoms with van der Waals surface area (Å²) in [4.78, 5) is 15.9. The van der Waals surface area contributed by atoms with Crippen molar-refractivity contribution in [3.05, 3.63) is 74.9 Å². The zero-order chi connectivity index (χ0) is 19.3. The quantitative estimate of drug-likeness (QED) is 0.879. The van der Waals surface area contributed by atoms with Gasteiger partial charge in [-0.25, -0.2) is 9.79 Å². The molecule has 2 aliphatic rings. The fourth-order valence-corrected chi connectivity index (χ4v) is 3.99. The number of fused-ring (bicyclic) bond motifs is 2. The number of hydrogen-bond acceptors (Lipinski definition) is 3. The first-order chi connectivity index (χ1) is 12.7. The maximum absolute atomic E-state index is 11.1. The van der Waals surface area contributed by atoms with E-state index in [1.54, 1.807) is 12.1 Å². The van der Waals surface area contributed by atoms with Gasteiger partial charge in [-0.3, -0.25) is 0 Å². The summed E-state index contributed by atoms with van der Waals surface area (Å²) in [6.07, 6.45) is 4.71. The van der Waals surface area contributed by atoms with Crippen molar-refractivity contribution in [2.24, 2.45) is 10.4 Å². The molecule has 2 N–H and O–H groups in total. The smallest absolute Gasteiger partial charge is 0.335 e. The third-order valence-electron chi connectivity index (χ3n) is 5.48. The van der Waals surface area contributed by atoms with Gasteiger partial charge in [0.05, 0.1) is 16.6 Å². The molecule has 0 saturated heterocycles. The Kier molecular flexibility index (Phi) is 3.95. The summed E-state index contributed by atoms with van der Waals surface area (Å²) in [6, 6.07) is 8.93. The lowest BCUT2D eigenvalue weighted by molar-refractivity contribution is 0.0697. The number of carbonyl (C=O) groups is 1. The molecule has 0 amide bonds. The zero-order valence-electron chi connectivity index (χ0n) is 15.8. The first kappa shape index (κ1) is 17.5. The SMILES string of the molecule is Cc1cc(Cc2ccc(C(=O)O)cc2)c2c(c1O)=C1CC(C)(C)CC=C1N=2. The van der Waals surface area contributed by atoms with Crippen LogP contribution in [-0.2, 0) is 6.42 Å². The Morgan fingerprint density at radius 3 is 2.59 bits per heavy atom. The van der Waals surface area contributed by atoms with Gasteiger partial charge in [0.2, 0.25) is 0 Å². The van der Waals surface area contributed by atoms with Crippen LogP contribution in [0.2, 0.25) is 0 Å². The Bertz CT molecular complexity index is 1110. The molecule has 1 aliphatic carbocycles. The van der Waals surface area contributed by atoms with E-state index in [4.69, 9.17) is 10.1 Å². The molecule has 0 radical (unpaired) electrons. The molecule has 2 aromatic rings. The lowest BCUT2D eigenvalue weighted by Gasteiger charge is -2.28. The van der Waals surface area contributed by atoms with Crippen LogP contribution in [0.15, 0.2) is 47.1 Å². The number of rotatable bonds is 3. The number of carboxylic acids is 1. The van der Waals surface area contributed by atoms with Gasteiger partial charge in [0.25, 0.3) is 0 Å². The summed E-state index contributed by atoms with van der Waals surface area (Å²) in [5, 5.41) is 21.6. The molecule has 1 heterocycles. The second kappa shape index (κ2) is 6.08. The minimum atomic E-state index is -0.923. The van der Waals surface area contributed by atoms with E-state index in [2.05, 4.69) is 19.9 Å². The largest absolute Gasteiger partial charge is 0.507 e. The van der Waals surface area contributed by atoms with Crippen LogP contribution in [0.3, 0.4) is 0 Å². The summed E-state index contributed by atoms with van der Waals surface area (Å²) in [5.41, 5.74) is 5.51. The maximum atomic E-state index is 11.1. The van der Waals surface area contributed by atoms with E-state index in [0.717, 1.165) is 51.4 Å². The van der Waals surface area contributed by atoms with Crippen LogP contribution in [0.25, 0.3) is 5.57 Å². The van der Waals surface area contributed by atoms with Crippen LogP contribution in [0.1, 0.15) is 53.7 Å². The predicted octanol–water partition coefficient (Wildman–Crippen LogP) is 3.48. The van der Waals surface area contributed by atoms with E-state index in [1.807, 2.05) is 25.1 Å². The highest BCUT2D eigenvalue weighted by molar-refractivity contribution is 5.87. The average Bonchev–Trinajstić information content (AvgIpc) is 2.98. The second-order valence-electron chi connectivity index (χ2n) is 8.33. The maximum Gasteiger partial charge on any atom is 0.335 e. The standard InChI is InChI=1S/C23H23NO3/c1-13-10-16(11-14-4-6-15(7-5-14)22(26)27)20-19(21(13)25)17-12-23(2,3)9-8-18(17)24-20/h4-8,10,25H,9,11-12H2,1-3H3,(H,26,27). The molecule has 0 spiro atoms. The van der Waals surface area contributed by atoms with E-state index in [1.165, 1.54) is 0 Å². The molecule has 0 aromatic heterocycles. The van der Waals surface area contributed by atoms with Crippen molar-refractivity contribution < 1.29 is 15.0 Å². The van der Waals surface area contributed by atoms with Gasteiger partial charge in [-0.05, 0) is 72.1 Å². The van der Waals surface area contributed by atoms with Crippen molar-refractivity contribution in [1.82, 2.24) is 0 Å². The number of phenolic OH excluding ortho intramolecular Hbond substituents is 1. The van der Waals surface area contributed by atoms with Crippen molar-refractivity contribution in [2.45, 2.75) is 40.0 Å². The summed E-state index contributed by atoms with van der Waals surface area (Å²) in [5.74, 6) is -0.595. The number of phenols is 1. The number of aromatic hydroxyl groups is 1. The summed E-state index contributed by atoms with van der Waals surface area (Å²) >= 11 is 0. The lowest BCUT2D eigenvalue weighted by Crippen LogP contribution is -2.30. The second-order valence-corrected chi connectivity index (χ2v) is 8.33. The Morgan fingerprint density at radius 2 is 1.93 bits per heavy atom. The number of allylic oxidation sites excluding steroid dienone is 2. The van der Waals surface area contributed by atoms with Gasteiger partial charge in [-0.15, -0.1) is 0 Å². The van der Waals surface area contributed by atoms with Gasteiger partial charge in [-0.1, -0.05) is 32.1 Å². The van der Waals surface area contributed by atoms with Crippen molar-refractivity contribution >= 4 is 11.5 Å². The zero-order valence-corrected chi connectivity index (χ0v) is 15.8. The highest BCUT2D eigenvalue weighted by Gasteiger charge is 2.29. The topological polar surface area (TPSA) is 69.9 Å². The first-order valence-corrected chi connectivity index (χ1v) is 9.21. The Hall–Kier alpha value is -2.88. The van der Waals surface area contributed by atoms with Crippen LogP contribution < -0.4 is 10.6 Å². The predicted molar refractivity (Wildman–Crippen MR) is 104 cm³/mol. The van der Waals surface area contributed by atoms with Gasteiger partial charge < -0.3 is 10.2 Å². The van der Waals surface area contributed by atoms with E-state index in [-0.39, 0.29) is 11.0 Å². The summed E-state index contributed by atoms with van der Waals surface area (Å²) in [7, 11) is 0. The number of aryl methyl sites for hydroxylation is 1. The third-order valence-corrected chi connectivity index (χ3v) is 5.48. The molecule has 4 heteroatoms. The molecule has 1 aliphatic heterocycles. The Balaban J connectivity index is 1.84. The van der Waals surface area contributed by atoms with Gasteiger partial charge >= 0.3 is 5.97 Å². The minimum Gasteiger partial charge on any atom is -0.507 e. The van der Waals surface area contributed by atoms with Crippen LogP contribution in [0.5, 0.6) is 5.75 Å². The highest BCUT2D eigenvalue weighted by atomic mass is 16.4. The fraction of sp³-hybridized carbons (Fsp3) is 0.304. The van der Waals surface area contributed by atoms with E-state index < -0.39 is 5.97 Å². The number of carboxylic acid groups (broad SMARTS) is 1. The molecular weight excluding hydrogens is 338 g/mol. The van der Waals surface area contributed by atoms with Crippen molar-refractivity contribution in [3.63, 3.8) is 0 Å². The first-order valence-electron chi connectivity index (χ1n) is 9.21. The molecule has 0 bridgehead atoms. The third kappa shape index (κ3) is 3.05. The molecule has 2 aromatic carbocycles. The Labute approximate surface area is 158 Å². The van der Waals surface area contributed by atoms with E-state index >= 15 is 0 Å². The number of hydrogen-bond donors (Lipinski definition) is 2. The molecule has 0 unspecified atom stereocenters. The molecular formula is C23H23NO3. The number of nitrogens with zero attached hydrogens (tertiary/aromatic N) is 1. The molecule has 0 atom stereocenters. The number of aromatic carboxylic acids is 1. The van der Waals surface area contributed by atoms with Crippen LogP contribution in [0.4, 0.5) is 0 Å². The van der Waals surface area contributed by atoms with Gasteiger partial charge in [0.15, 0.2) is 0 Å². The van der Waals surface area contributed by atoms with Gasteiger partial charge in [0, 0.05) is 5.22 Å². The molecule has 138 valence electrons. The minimum absolute atomic E-state index is 0.166. The number of benzene rings is 2. The lowest BCUT2D eigenvalue weighted by atomic mass is 9.77. The summed E-state index contributed by atoms with van der Waals surface area (Å²) < 4.78 is 0. The molecule has 0 saturated carbocycles. The average molecular weight is 361 g/mol. The van der Waals surface area contributed by atoms with Crippen molar-refractivity contribution in [3.8, 4) is 5.75 Å². The van der Waals surface area contributed by atoms with Crippen LogP contribution >= 0.6 is 0 Å². The molecule has 4 nitrogen and oxygen atoms in total. The van der Waals surface area contributed by atoms with Crippen LogP contribution in [-0.4, -0.2) is 16.2 Å². The fourth-order valence-electron chi connectivity index (χ4n) is 3.99. The van der Waals surface area contributed by atoms with Crippen molar-refractivity contribution in [1.29, 1.82) is 0 Å². The van der Waals surface area contributed by atoms with E-state index in [9.17, 15) is 9.90 Å². The van der Waals surface area contributed by atoms with Crippen LogP contribution in [0, 0.1) is 12.3 Å². The monoisotopic (exact) mass is 361 g/mol. The molecule has 27 heavy (non-hydrogen) atoms. The molecule has 0 fully saturated rings. The normalized spacial score (nSPS) is 17.0. The molecule has 4 rings (SSSR count). The highest BCUT2D eigenvalue weighted by Crippen LogP contribution is 2.39. The van der Waals surface area contributed by atoms with E-state index in [0.29, 0.717) is 12.2 Å². The van der Waals surface area contributed by atoms with Gasteiger partial charge in [0.1, 0.15) is 5.75 Å². The van der Waals surface area contributed by atoms with Gasteiger partial charge in [-0.2, -0.15) is 0 Å². The van der Waals surface area contributed by atoms with Crippen molar-refractivity contribution in [2.75, 3.05) is 0 Å². The Morgan fingerprint density at radius 1 is 1.22 bits per heavy atom.